The van der Waals surface area contributed by atoms with Gasteiger partial charge in [0, 0.05) is 43.8 Å². The van der Waals surface area contributed by atoms with E-state index in [0.717, 1.165) is 29.9 Å². The van der Waals surface area contributed by atoms with Gasteiger partial charge < -0.3 is 9.64 Å². The fourth-order valence-corrected chi connectivity index (χ4v) is 6.90. The highest BCUT2D eigenvalue weighted by Crippen LogP contribution is 2.36. The molecule has 35 heavy (non-hydrogen) atoms. The molecule has 0 aromatic heterocycles. The number of benzene rings is 1. The minimum atomic E-state index is -4.53. The van der Waals surface area contributed by atoms with Crippen LogP contribution in [-0.2, 0) is 14.8 Å². The van der Waals surface area contributed by atoms with Crippen molar-refractivity contribution in [1.82, 2.24) is 14.1 Å². The number of amides is 1. The number of nitrogens with zero attached hydrogens (tertiary/aromatic N) is 3. The maximum absolute atomic E-state index is 13.4. The molecular formula is C23H31ClF3N3O4S. The van der Waals surface area contributed by atoms with E-state index in [9.17, 15) is 26.4 Å². The smallest absolute Gasteiger partial charge is 0.409 e. The molecular weight excluding hydrogens is 507 g/mol. The Hall–Kier alpha value is -1.56. The van der Waals surface area contributed by atoms with Gasteiger partial charge in [-0.05, 0) is 55.9 Å². The van der Waals surface area contributed by atoms with Gasteiger partial charge in [0.1, 0.15) is 6.61 Å². The fourth-order valence-electron chi connectivity index (χ4n) is 4.92. The van der Waals surface area contributed by atoms with Gasteiger partial charge in [0.2, 0.25) is 10.0 Å². The Kier molecular flexibility index (Phi) is 8.19. The average molecular weight is 538 g/mol. The predicted molar refractivity (Wildman–Crippen MR) is 125 cm³/mol. The first kappa shape index (κ1) is 26.5. The van der Waals surface area contributed by atoms with E-state index in [1.807, 2.05) is 0 Å². The van der Waals surface area contributed by atoms with Crippen molar-refractivity contribution in [2.45, 2.75) is 61.7 Å². The molecule has 2 atom stereocenters. The van der Waals surface area contributed by atoms with Crippen molar-refractivity contribution in [2.75, 3.05) is 39.3 Å². The molecule has 3 fully saturated rings. The van der Waals surface area contributed by atoms with E-state index < -0.39 is 40.8 Å². The molecule has 196 valence electrons. The summed E-state index contributed by atoms with van der Waals surface area (Å²) in [5, 5.41) is 0.317. The minimum Gasteiger partial charge on any atom is -0.448 e. The highest BCUT2D eigenvalue weighted by Gasteiger charge is 2.45. The predicted octanol–water partition coefficient (Wildman–Crippen LogP) is 4.37. The number of piperazine rings is 1. The average Bonchev–Trinajstić information content (AvgIpc) is 3.61. The van der Waals surface area contributed by atoms with E-state index in [2.05, 4.69) is 4.90 Å². The molecule has 1 aliphatic carbocycles. The van der Waals surface area contributed by atoms with E-state index in [-0.39, 0.29) is 17.9 Å². The monoisotopic (exact) mass is 537 g/mol. The summed E-state index contributed by atoms with van der Waals surface area (Å²) in [6.07, 6.45) is -3.02. The number of ether oxygens (including phenoxy) is 1. The Bertz CT molecular complexity index is 981. The van der Waals surface area contributed by atoms with Crippen LogP contribution in [0, 0.1) is 5.92 Å². The zero-order valence-electron chi connectivity index (χ0n) is 19.4. The first-order chi connectivity index (χ1) is 16.5. The van der Waals surface area contributed by atoms with Crippen molar-refractivity contribution in [2.24, 2.45) is 5.92 Å². The Morgan fingerprint density at radius 3 is 2.23 bits per heavy atom. The quantitative estimate of drug-likeness (QED) is 0.516. The minimum absolute atomic E-state index is 0.0831. The Morgan fingerprint density at radius 2 is 1.63 bits per heavy atom. The number of hydrogen-bond donors (Lipinski definition) is 0. The first-order valence-corrected chi connectivity index (χ1v) is 13.8. The number of carbonyl (C=O) groups excluding carboxylic acids is 1. The summed E-state index contributed by atoms with van der Waals surface area (Å²) in [5.41, 5.74) is 0. The van der Waals surface area contributed by atoms with Crippen molar-refractivity contribution >= 4 is 27.7 Å². The molecule has 2 saturated heterocycles. The molecule has 2 heterocycles. The van der Waals surface area contributed by atoms with E-state index in [4.69, 9.17) is 16.3 Å². The summed E-state index contributed by atoms with van der Waals surface area (Å²) in [5.74, 6) is 0.762. The van der Waals surface area contributed by atoms with Crippen LogP contribution in [0.4, 0.5) is 18.0 Å². The molecule has 0 spiro atoms. The molecule has 2 aliphatic heterocycles. The van der Waals surface area contributed by atoms with Crippen LogP contribution >= 0.6 is 11.6 Å². The largest absolute Gasteiger partial charge is 0.448 e. The number of piperidine rings is 1. The number of sulfonamides is 1. The number of alkyl halides is 3. The van der Waals surface area contributed by atoms with Crippen molar-refractivity contribution in [3.05, 3.63) is 29.3 Å². The van der Waals surface area contributed by atoms with Gasteiger partial charge in [-0.25, -0.2) is 13.2 Å². The summed E-state index contributed by atoms with van der Waals surface area (Å²) in [6, 6.07) is 3.18. The molecule has 1 saturated carbocycles. The lowest BCUT2D eigenvalue weighted by atomic mass is 9.96. The van der Waals surface area contributed by atoms with E-state index in [0.29, 0.717) is 31.0 Å². The van der Waals surface area contributed by atoms with Crippen LogP contribution in [0.15, 0.2) is 29.2 Å². The molecule has 1 aromatic rings. The molecule has 3 aliphatic rings. The summed E-state index contributed by atoms with van der Waals surface area (Å²) < 4.78 is 73.2. The second-order valence-electron chi connectivity index (χ2n) is 9.65. The van der Waals surface area contributed by atoms with Crippen LogP contribution in [0.25, 0.3) is 0 Å². The summed E-state index contributed by atoms with van der Waals surface area (Å²) in [7, 11) is -4.27. The van der Waals surface area contributed by atoms with Crippen LogP contribution in [0.1, 0.15) is 38.5 Å². The lowest BCUT2D eigenvalue weighted by molar-refractivity contribution is -0.147. The molecule has 7 nitrogen and oxygen atoms in total. The van der Waals surface area contributed by atoms with Gasteiger partial charge in [0.05, 0.1) is 17.4 Å². The third kappa shape index (κ3) is 7.02. The highest BCUT2D eigenvalue weighted by molar-refractivity contribution is 7.89. The van der Waals surface area contributed by atoms with Gasteiger partial charge in [0.25, 0.3) is 0 Å². The van der Waals surface area contributed by atoms with Crippen molar-refractivity contribution in [3.8, 4) is 0 Å². The maximum atomic E-state index is 13.4. The Labute approximate surface area is 209 Å². The van der Waals surface area contributed by atoms with E-state index in [1.54, 1.807) is 4.90 Å². The van der Waals surface area contributed by atoms with Crippen LogP contribution in [0.5, 0.6) is 0 Å². The number of hydrogen-bond acceptors (Lipinski definition) is 5. The molecule has 1 aromatic carbocycles. The summed E-state index contributed by atoms with van der Waals surface area (Å²) in [4.78, 5) is 16.4. The molecule has 0 unspecified atom stereocenters. The standard InChI is InChI=1S/C23H31ClF3N3O4S/c24-18-6-8-21(9-7-18)35(32,33)30-19(14-23(25,26)27)2-1-3-20(30)16-34-22(31)29-12-10-28(11-13-29)15-17-4-5-17/h6-9,17,19-20H,1-5,10-16H2/t19-,20+/m0/s1. The highest BCUT2D eigenvalue weighted by atomic mass is 35.5. The van der Waals surface area contributed by atoms with Crippen LogP contribution in [0.3, 0.4) is 0 Å². The normalized spacial score (nSPS) is 25.0. The van der Waals surface area contributed by atoms with Gasteiger partial charge in [-0.1, -0.05) is 18.0 Å². The van der Waals surface area contributed by atoms with Gasteiger partial charge >= 0.3 is 12.3 Å². The zero-order chi connectivity index (χ0) is 25.2. The maximum Gasteiger partial charge on any atom is 0.409 e. The molecule has 12 heteroatoms. The third-order valence-corrected chi connectivity index (χ3v) is 9.16. The number of rotatable bonds is 7. The van der Waals surface area contributed by atoms with E-state index >= 15 is 0 Å². The van der Waals surface area contributed by atoms with Gasteiger partial charge in [-0.2, -0.15) is 17.5 Å². The first-order valence-electron chi connectivity index (χ1n) is 12.0. The van der Waals surface area contributed by atoms with E-state index in [1.165, 1.54) is 37.1 Å². The van der Waals surface area contributed by atoms with Gasteiger partial charge in [0.15, 0.2) is 0 Å². The fraction of sp³-hybridized carbons (Fsp3) is 0.696. The number of carbonyl (C=O) groups is 1. The van der Waals surface area contributed by atoms with Crippen molar-refractivity contribution < 1.29 is 31.1 Å². The van der Waals surface area contributed by atoms with Crippen LogP contribution < -0.4 is 0 Å². The number of halogens is 4. The van der Waals surface area contributed by atoms with Gasteiger partial charge in [-0.15, -0.1) is 0 Å². The topological polar surface area (TPSA) is 70.2 Å². The summed E-state index contributed by atoms with van der Waals surface area (Å²) >= 11 is 5.86. The van der Waals surface area contributed by atoms with Crippen molar-refractivity contribution in [3.63, 3.8) is 0 Å². The molecule has 0 radical (unpaired) electrons. The Balaban J connectivity index is 1.44. The second-order valence-corrected chi connectivity index (χ2v) is 11.9. The summed E-state index contributed by atoms with van der Waals surface area (Å²) in [6.45, 7) is 3.28. The second kappa shape index (κ2) is 10.8. The molecule has 1 amide bonds. The third-order valence-electron chi connectivity index (χ3n) is 6.89. The van der Waals surface area contributed by atoms with Crippen molar-refractivity contribution in [1.29, 1.82) is 0 Å². The van der Waals surface area contributed by atoms with Crippen LogP contribution in [0.2, 0.25) is 5.02 Å². The molecule has 4 rings (SSSR count). The SMILES string of the molecule is O=C(OC[C@H]1CCC[C@@H](CC(F)(F)F)N1S(=O)(=O)c1ccc(Cl)cc1)N1CCN(CC2CC2)CC1. The lowest BCUT2D eigenvalue weighted by Gasteiger charge is -2.41. The zero-order valence-corrected chi connectivity index (χ0v) is 21.0. The molecule has 0 N–H and O–H groups in total. The van der Waals surface area contributed by atoms with Gasteiger partial charge in [-0.3, -0.25) is 4.90 Å². The molecule has 0 bridgehead atoms. The van der Waals surface area contributed by atoms with Crippen LogP contribution in [-0.4, -0.2) is 86.2 Å². The lowest BCUT2D eigenvalue weighted by Crippen LogP contribution is -2.54. The Morgan fingerprint density at radius 1 is 1.00 bits per heavy atom.